The fourth-order valence-electron chi connectivity index (χ4n) is 11.1. The van der Waals surface area contributed by atoms with E-state index < -0.39 is 161 Å². The van der Waals surface area contributed by atoms with Gasteiger partial charge in [-0.25, -0.2) is 0 Å². The summed E-state index contributed by atoms with van der Waals surface area (Å²) in [6.07, 6.45) is 2.87. The molecule has 23 heteroatoms. The predicted molar refractivity (Wildman–Crippen MR) is 333 cm³/mol. The Morgan fingerprint density at radius 1 is 0.442 bits per heavy atom. The van der Waals surface area contributed by atoms with Crippen LogP contribution in [0.5, 0.6) is 0 Å². The molecule has 1 fully saturated rings. The van der Waals surface area contributed by atoms with Gasteiger partial charge in [-0.15, -0.1) is 0 Å². The molecule has 11 amide bonds. The minimum atomic E-state index is -1.62. The van der Waals surface area contributed by atoms with Crippen LogP contribution in [0.4, 0.5) is 0 Å². The van der Waals surface area contributed by atoms with Crippen LogP contribution in [-0.4, -0.2) is 226 Å². The summed E-state index contributed by atoms with van der Waals surface area (Å²) in [7, 11) is 8.53. The number of hydrogen-bond acceptors (Lipinski definition) is 12. The molecule has 492 valence electrons. The van der Waals surface area contributed by atoms with Crippen molar-refractivity contribution < 1.29 is 57.8 Å². The molecular weight excluding hydrogens is 1100 g/mol. The van der Waals surface area contributed by atoms with Gasteiger partial charge in [0.05, 0.1) is 6.10 Å². The number of amides is 11. The van der Waals surface area contributed by atoms with E-state index in [0.717, 1.165) is 4.90 Å². The van der Waals surface area contributed by atoms with Gasteiger partial charge in [0.25, 0.3) is 0 Å². The highest BCUT2D eigenvalue weighted by atomic mass is 16.3. The van der Waals surface area contributed by atoms with Crippen molar-refractivity contribution in [1.82, 2.24) is 55.6 Å². The summed E-state index contributed by atoms with van der Waals surface area (Å²) < 4.78 is 0. The fourth-order valence-corrected chi connectivity index (χ4v) is 11.1. The van der Waals surface area contributed by atoms with Crippen LogP contribution in [0.3, 0.4) is 0 Å². The molecule has 0 spiro atoms. The Hall–Kier alpha value is -6.13. The number of aliphatic hydroxyl groups is 1. The molecule has 0 aromatic carbocycles. The summed E-state index contributed by atoms with van der Waals surface area (Å²) in [6, 6.07) is -13.6. The summed E-state index contributed by atoms with van der Waals surface area (Å²) in [5, 5.41) is 23.2. The molecular formula is C63H113N11O12. The summed E-state index contributed by atoms with van der Waals surface area (Å²) in [6.45, 7) is 32.8. The lowest BCUT2D eigenvalue weighted by Crippen LogP contribution is -2.64. The topological polar surface area (TPSA) is 279 Å². The lowest BCUT2D eigenvalue weighted by atomic mass is 9.91. The zero-order valence-electron chi connectivity index (χ0n) is 56.9. The SMILES string of the molecule is C/C=C/CC(C)C(O)[C@H]1C(=O)N[C@@H](CC)C(=O)N(C)[C@H](C)C(=O)N(CC)[C@@H](C(C)C)C(=O)N[C@@H](C(C)C)C(=O)N(C)[C@@H](CC(C)C)C(=O)N[C@@H](C)C(=O)N[C@H](C)C(=O)N(C)[C@@H](CC(C)C)C(=O)N(C)[C@@H](CC(C)C)C(=O)N(C)[C@@H](C(C)C)C(=O)N1C. The Balaban J connectivity index is 4.39. The van der Waals surface area contributed by atoms with Crippen LogP contribution in [0.1, 0.15) is 164 Å². The molecule has 23 nitrogen and oxygen atoms in total. The van der Waals surface area contributed by atoms with E-state index in [1.807, 2.05) is 47.6 Å². The molecule has 1 aliphatic rings. The Bertz CT molecular complexity index is 2360. The average Bonchev–Trinajstić information content (AvgIpc) is 1.38. The number of allylic oxidation sites excluding steroid dienone is 2. The van der Waals surface area contributed by atoms with Gasteiger partial charge < -0.3 is 60.7 Å². The molecule has 1 heterocycles. The second-order valence-electron chi connectivity index (χ2n) is 26.2. The molecule has 2 unspecified atom stereocenters. The highest BCUT2D eigenvalue weighted by molar-refractivity contribution is 6.00. The Morgan fingerprint density at radius 3 is 1.31 bits per heavy atom. The number of likely N-dealkylation sites (N-methyl/N-ethyl adjacent to an activating group) is 7. The third-order valence-corrected chi connectivity index (χ3v) is 16.6. The first kappa shape index (κ1) is 77.9. The van der Waals surface area contributed by atoms with Gasteiger partial charge in [0.15, 0.2) is 0 Å². The van der Waals surface area contributed by atoms with E-state index in [0.29, 0.717) is 6.42 Å². The number of carbonyl (C=O) groups excluding carboxylic acids is 11. The Labute approximate surface area is 515 Å². The van der Waals surface area contributed by atoms with Gasteiger partial charge in [0, 0.05) is 48.8 Å². The Kier molecular flexibility index (Phi) is 31.7. The second kappa shape index (κ2) is 35.0. The first-order valence-corrected chi connectivity index (χ1v) is 31.1. The van der Waals surface area contributed by atoms with Gasteiger partial charge in [-0.05, 0) is 108 Å². The van der Waals surface area contributed by atoms with Crippen LogP contribution in [0.2, 0.25) is 0 Å². The van der Waals surface area contributed by atoms with Crippen LogP contribution >= 0.6 is 0 Å². The number of carbonyl (C=O) groups is 11. The molecule has 0 saturated carbocycles. The summed E-state index contributed by atoms with van der Waals surface area (Å²) in [5.41, 5.74) is 0. The van der Waals surface area contributed by atoms with Crippen LogP contribution in [0.25, 0.3) is 0 Å². The van der Waals surface area contributed by atoms with Crippen LogP contribution in [0.15, 0.2) is 12.2 Å². The quantitative estimate of drug-likeness (QED) is 0.147. The normalized spacial score (nSPS) is 27.6. The van der Waals surface area contributed by atoms with E-state index in [-0.39, 0.29) is 50.0 Å². The van der Waals surface area contributed by atoms with E-state index in [1.165, 1.54) is 92.5 Å². The smallest absolute Gasteiger partial charge is 0.246 e. The number of rotatable bonds is 15. The molecule has 0 aromatic rings. The second-order valence-corrected chi connectivity index (χ2v) is 26.2. The fraction of sp³-hybridized carbons (Fsp3) is 0.794. The minimum absolute atomic E-state index is 0.0109. The van der Waals surface area contributed by atoms with Crippen molar-refractivity contribution in [2.75, 3.05) is 48.8 Å². The molecule has 13 atom stereocenters. The molecule has 0 aromatic heterocycles. The van der Waals surface area contributed by atoms with Gasteiger partial charge in [0.1, 0.15) is 66.5 Å². The molecule has 0 bridgehead atoms. The Morgan fingerprint density at radius 2 is 0.872 bits per heavy atom. The molecule has 0 aliphatic carbocycles. The van der Waals surface area contributed by atoms with Gasteiger partial charge in [-0.2, -0.15) is 0 Å². The number of nitrogens with one attached hydrogen (secondary N) is 4. The third kappa shape index (κ3) is 20.5. The maximum Gasteiger partial charge on any atom is 0.246 e. The van der Waals surface area contributed by atoms with Gasteiger partial charge in [-0.1, -0.05) is 109 Å². The van der Waals surface area contributed by atoms with Crippen molar-refractivity contribution in [2.45, 2.75) is 236 Å². The maximum atomic E-state index is 15.2. The molecule has 1 rings (SSSR count). The molecule has 5 N–H and O–H groups in total. The highest BCUT2D eigenvalue weighted by Crippen LogP contribution is 2.26. The summed E-state index contributed by atoms with van der Waals surface area (Å²) >= 11 is 0. The largest absolute Gasteiger partial charge is 0.390 e. The van der Waals surface area contributed by atoms with Crippen molar-refractivity contribution in [3.8, 4) is 0 Å². The maximum absolute atomic E-state index is 15.2. The predicted octanol–water partition coefficient (Wildman–Crippen LogP) is 3.66. The van der Waals surface area contributed by atoms with E-state index in [9.17, 15) is 48.3 Å². The van der Waals surface area contributed by atoms with E-state index in [4.69, 9.17) is 0 Å². The first-order valence-electron chi connectivity index (χ1n) is 31.1. The highest BCUT2D eigenvalue weighted by Gasteiger charge is 2.46. The molecule has 1 aliphatic heterocycles. The van der Waals surface area contributed by atoms with Crippen molar-refractivity contribution in [3.63, 3.8) is 0 Å². The van der Waals surface area contributed by atoms with Gasteiger partial charge >= 0.3 is 0 Å². The molecule has 86 heavy (non-hydrogen) atoms. The van der Waals surface area contributed by atoms with Gasteiger partial charge in [-0.3, -0.25) is 52.7 Å². The van der Waals surface area contributed by atoms with E-state index in [2.05, 4.69) is 21.3 Å². The van der Waals surface area contributed by atoms with Gasteiger partial charge in [0.2, 0.25) is 65.0 Å². The average molecular weight is 1220 g/mol. The standard InChI is InChI=1S/C63H113N11O12/c1-26-29-30-40(16)52(75)51-56(79)66-44(27-2)59(82)68(20)43(19)58(81)74(28-3)49(38(12)13)55(78)67-48(37(10)11)62(85)69(21)45(31-34(4)5)54(77)64-41(17)53(76)65-42(18)57(80)70(22)46(32-35(6)7)60(83)71(23)47(33-36(8)9)61(84)72(24)50(39(14)15)63(86)73(51)25/h26,29,34-52,75H,27-28,30-33H2,1-25H3,(H,64,77)(H,65,76)(H,66,79)(H,67,78)/b29-26+/t40?,41-,42+,43+,44-,45-,46-,47-,48-,49-,50-,51-,52?/m0/s1. The van der Waals surface area contributed by atoms with Crippen LogP contribution < -0.4 is 21.3 Å². The van der Waals surface area contributed by atoms with Crippen LogP contribution in [-0.2, 0) is 52.7 Å². The van der Waals surface area contributed by atoms with Crippen molar-refractivity contribution in [2.24, 2.45) is 41.4 Å². The van der Waals surface area contributed by atoms with Crippen molar-refractivity contribution in [1.29, 1.82) is 0 Å². The molecule has 0 radical (unpaired) electrons. The van der Waals surface area contributed by atoms with Crippen molar-refractivity contribution >= 4 is 65.0 Å². The lowest BCUT2D eigenvalue weighted by Gasteiger charge is -2.41. The summed E-state index contributed by atoms with van der Waals surface area (Å²) in [5.74, 6) is -10.1. The monoisotopic (exact) mass is 1220 g/mol. The zero-order valence-corrected chi connectivity index (χ0v) is 56.9. The number of hydrogen-bond donors (Lipinski definition) is 5. The third-order valence-electron chi connectivity index (χ3n) is 16.6. The zero-order chi connectivity index (χ0) is 66.8. The lowest BCUT2D eigenvalue weighted by molar-refractivity contribution is -0.157. The first-order chi connectivity index (χ1) is 39.7. The molecule has 1 saturated heterocycles. The summed E-state index contributed by atoms with van der Waals surface area (Å²) in [4.78, 5) is 170. The van der Waals surface area contributed by atoms with Crippen molar-refractivity contribution in [3.05, 3.63) is 12.2 Å². The van der Waals surface area contributed by atoms with E-state index >= 15 is 9.59 Å². The van der Waals surface area contributed by atoms with E-state index in [1.54, 1.807) is 75.3 Å². The number of aliphatic hydroxyl groups excluding tert-OH is 1. The number of nitrogens with zero attached hydrogens (tertiary/aromatic N) is 7. The minimum Gasteiger partial charge on any atom is -0.390 e. The van der Waals surface area contributed by atoms with Crippen LogP contribution in [0, 0.1) is 41.4 Å².